The lowest BCUT2D eigenvalue weighted by Crippen LogP contribution is -2.57. The number of aromatic carboxylic acids is 1. The summed E-state index contributed by atoms with van der Waals surface area (Å²) < 4.78 is 5.51. The van der Waals surface area contributed by atoms with Crippen LogP contribution in [0, 0.1) is 11.8 Å². The summed E-state index contributed by atoms with van der Waals surface area (Å²) in [6.07, 6.45) is 2.91. The molecule has 2 rings (SSSR count). The SMILES string of the molecule is CC[C@H](C)[C@@H](NC(=O)[C@@H]1CCCCN1)C(=O)N(C)C(C[C@@H](OC(C)=O)c1nc(C(=O)O)cs1)C(C)C. The fourth-order valence-corrected chi connectivity index (χ4v) is 5.26. The second kappa shape index (κ2) is 13.7. The summed E-state index contributed by atoms with van der Waals surface area (Å²) in [5, 5.41) is 17.2. The van der Waals surface area contributed by atoms with Crippen molar-refractivity contribution in [2.24, 2.45) is 11.8 Å². The molecule has 11 heteroatoms. The molecule has 1 saturated heterocycles. The summed E-state index contributed by atoms with van der Waals surface area (Å²) in [4.78, 5) is 55.6. The highest BCUT2D eigenvalue weighted by Gasteiger charge is 2.36. The number of likely N-dealkylation sites (N-methyl/N-ethyl adjacent to an activating group) is 1. The number of carbonyl (C=O) groups is 4. The number of nitrogens with zero attached hydrogens (tertiary/aromatic N) is 2. The molecule has 1 fully saturated rings. The number of carbonyl (C=O) groups excluding carboxylic acids is 3. The number of amides is 2. The highest BCUT2D eigenvalue weighted by Crippen LogP contribution is 2.31. The second-order valence-electron chi connectivity index (χ2n) is 9.84. The number of thiazole rings is 1. The number of hydrogen-bond donors (Lipinski definition) is 3. The monoisotopic (exact) mass is 524 g/mol. The zero-order chi connectivity index (χ0) is 27.0. The van der Waals surface area contributed by atoms with Gasteiger partial charge in [0.05, 0.1) is 6.04 Å². The van der Waals surface area contributed by atoms with Crippen molar-refractivity contribution in [3.8, 4) is 0 Å². The van der Waals surface area contributed by atoms with Crippen LogP contribution in [0.25, 0.3) is 0 Å². The number of esters is 1. The van der Waals surface area contributed by atoms with Crippen LogP contribution in [-0.2, 0) is 19.1 Å². The number of carboxylic acids is 1. The maximum Gasteiger partial charge on any atom is 0.355 e. The average molecular weight is 525 g/mol. The van der Waals surface area contributed by atoms with E-state index in [1.165, 1.54) is 12.3 Å². The summed E-state index contributed by atoms with van der Waals surface area (Å²) in [7, 11) is 1.70. The van der Waals surface area contributed by atoms with Crippen LogP contribution in [0.3, 0.4) is 0 Å². The van der Waals surface area contributed by atoms with Gasteiger partial charge in [-0.15, -0.1) is 11.3 Å². The Bertz CT molecular complexity index is 914. The summed E-state index contributed by atoms with van der Waals surface area (Å²) >= 11 is 1.10. The Morgan fingerprint density at radius 2 is 1.97 bits per heavy atom. The third kappa shape index (κ3) is 7.99. The lowest BCUT2D eigenvalue weighted by atomic mass is 9.92. The van der Waals surface area contributed by atoms with Crippen LogP contribution in [0.1, 0.15) is 88.3 Å². The Labute approximate surface area is 217 Å². The van der Waals surface area contributed by atoms with E-state index >= 15 is 0 Å². The summed E-state index contributed by atoms with van der Waals surface area (Å²) in [5.41, 5.74) is -0.117. The highest BCUT2D eigenvalue weighted by molar-refractivity contribution is 7.09. The van der Waals surface area contributed by atoms with Crippen LogP contribution in [0.5, 0.6) is 0 Å². The minimum absolute atomic E-state index is 0.00999. The van der Waals surface area contributed by atoms with Gasteiger partial charge in [-0.2, -0.15) is 0 Å². The predicted octanol–water partition coefficient (Wildman–Crippen LogP) is 2.99. The first-order valence-corrected chi connectivity index (χ1v) is 13.5. The Morgan fingerprint density at radius 1 is 1.28 bits per heavy atom. The van der Waals surface area contributed by atoms with Gasteiger partial charge in [-0.05, 0) is 31.2 Å². The topological polar surface area (TPSA) is 138 Å². The van der Waals surface area contributed by atoms with Crippen molar-refractivity contribution in [1.82, 2.24) is 20.5 Å². The molecule has 10 nitrogen and oxygen atoms in total. The molecule has 36 heavy (non-hydrogen) atoms. The van der Waals surface area contributed by atoms with E-state index < -0.39 is 24.1 Å². The third-order valence-corrected chi connectivity index (χ3v) is 7.74. The lowest BCUT2D eigenvalue weighted by Gasteiger charge is -2.37. The van der Waals surface area contributed by atoms with Crippen LogP contribution in [0.2, 0.25) is 0 Å². The number of aromatic nitrogens is 1. The van der Waals surface area contributed by atoms with Crippen molar-refractivity contribution in [2.45, 2.75) is 91.0 Å². The molecule has 1 aromatic rings. The summed E-state index contributed by atoms with van der Waals surface area (Å²) in [6.45, 7) is 9.92. The predicted molar refractivity (Wildman–Crippen MR) is 137 cm³/mol. The molecule has 0 saturated carbocycles. The van der Waals surface area contributed by atoms with Gasteiger partial charge in [0, 0.05) is 31.8 Å². The first-order valence-electron chi connectivity index (χ1n) is 12.6. The van der Waals surface area contributed by atoms with E-state index in [0.717, 1.165) is 37.1 Å². The normalized spacial score (nSPS) is 19.1. The first kappa shape index (κ1) is 29.7. The molecular weight excluding hydrogens is 484 g/mol. The van der Waals surface area contributed by atoms with Gasteiger partial charge in [-0.3, -0.25) is 14.4 Å². The Hall–Kier alpha value is -2.53. The largest absolute Gasteiger partial charge is 0.476 e. The zero-order valence-electron chi connectivity index (χ0n) is 22.1. The van der Waals surface area contributed by atoms with Gasteiger partial charge in [0.15, 0.2) is 11.8 Å². The lowest BCUT2D eigenvalue weighted by molar-refractivity contribution is -0.149. The van der Waals surface area contributed by atoms with Crippen LogP contribution in [0.4, 0.5) is 0 Å². The van der Waals surface area contributed by atoms with Gasteiger partial charge < -0.3 is 25.4 Å². The van der Waals surface area contributed by atoms with E-state index in [1.54, 1.807) is 11.9 Å². The number of rotatable bonds is 12. The van der Waals surface area contributed by atoms with Crippen LogP contribution < -0.4 is 10.6 Å². The molecule has 1 aliphatic heterocycles. The molecule has 0 spiro atoms. The minimum atomic E-state index is -1.16. The fourth-order valence-electron chi connectivity index (χ4n) is 4.43. The van der Waals surface area contributed by atoms with E-state index in [0.29, 0.717) is 11.4 Å². The first-order chi connectivity index (χ1) is 17.0. The number of ether oxygens (including phenoxy) is 1. The van der Waals surface area contributed by atoms with E-state index in [9.17, 15) is 24.3 Å². The number of nitrogens with one attached hydrogen (secondary N) is 2. The Kier molecular flexibility index (Phi) is 11.3. The fraction of sp³-hybridized carbons (Fsp3) is 0.720. The molecule has 0 bridgehead atoms. The molecule has 2 heterocycles. The molecule has 2 amide bonds. The van der Waals surface area contributed by atoms with Crippen molar-refractivity contribution < 1.29 is 29.0 Å². The molecule has 0 aliphatic carbocycles. The highest BCUT2D eigenvalue weighted by atomic mass is 32.1. The van der Waals surface area contributed by atoms with Gasteiger partial charge >= 0.3 is 11.9 Å². The molecular formula is C25H40N4O6S. The Morgan fingerprint density at radius 3 is 2.47 bits per heavy atom. The zero-order valence-corrected chi connectivity index (χ0v) is 22.9. The minimum Gasteiger partial charge on any atom is -0.476 e. The third-order valence-electron chi connectivity index (χ3n) is 6.80. The van der Waals surface area contributed by atoms with Crippen molar-refractivity contribution in [1.29, 1.82) is 0 Å². The average Bonchev–Trinajstić information content (AvgIpc) is 3.34. The van der Waals surface area contributed by atoms with Gasteiger partial charge in [0.2, 0.25) is 11.8 Å². The van der Waals surface area contributed by atoms with Crippen molar-refractivity contribution in [3.63, 3.8) is 0 Å². The number of piperidine rings is 1. The standard InChI is InChI=1S/C25H40N4O6S/c1-7-15(4)21(28-22(31)17-10-8-9-11-26-17)24(32)29(6)19(14(2)3)12-20(35-16(5)30)23-27-18(13-36-23)25(33)34/h13-15,17,19-21,26H,7-12H2,1-6H3,(H,28,31)(H,33,34)/t15-,17-,19?,20+,21+/m0/s1. The molecule has 1 unspecified atom stereocenters. The molecule has 1 aromatic heterocycles. The second-order valence-corrected chi connectivity index (χ2v) is 10.7. The van der Waals surface area contributed by atoms with Gasteiger partial charge in [-0.1, -0.05) is 40.5 Å². The van der Waals surface area contributed by atoms with E-state index in [-0.39, 0.29) is 47.8 Å². The maximum atomic E-state index is 13.7. The van der Waals surface area contributed by atoms with Crippen molar-refractivity contribution in [2.75, 3.05) is 13.6 Å². The van der Waals surface area contributed by atoms with Crippen LogP contribution in [-0.4, -0.2) is 70.5 Å². The van der Waals surface area contributed by atoms with Gasteiger partial charge in [0.25, 0.3) is 0 Å². The molecule has 202 valence electrons. The summed E-state index contributed by atoms with van der Waals surface area (Å²) in [5.74, 6) is -2.14. The molecule has 1 aliphatic rings. The molecule has 3 N–H and O–H groups in total. The molecule has 0 radical (unpaired) electrons. The van der Waals surface area contributed by atoms with E-state index in [1.807, 2.05) is 27.7 Å². The van der Waals surface area contributed by atoms with Crippen LogP contribution >= 0.6 is 11.3 Å². The van der Waals surface area contributed by atoms with E-state index in [2.05, 4.69) is 15.6 Å². The number of carboxylic acid groups (broad SMARTS) is 1. The van der Waals surface area contributed by atoms with Gasteiger partial charge in [0.1, 0.15) is 11.0 Å². The Balaban J connectivity index is 2.25. The van der Waals surface area contributed by atoms with Crippen LogP contribution in [0.15, 0.2) is 5.38 Å². The quantitative estimate of drug-likeness (QED) is 0.355. The van der Waals surface area contributed by atoms with Crippen molar-refractivity contribution >= 4 is 35.1 Å². The van der Waals surface area contributed by atoms with E-state index in [4.69, 9.17) is 4.74 Å². The van der Waals surface area contributed by atoms with Gasteiger partial charge in [-0.25, -0.2) is 9.78 Å². The summed E-state index contributed by atoms with van der Waals surface area (Å²) in [6, 6.07) is -1.34. The van der Waals surface area contributed by atoms with Crippen molar-refractivity contribution in [3.05, 3.63) is 16.1 Å². The smallest absolute Gasteiger partial charge is 0.355 e. The molecule has 0 aromatic carbocycles. The molecule has 5 atom stereocenters. The maximum absolute atomic E-state index is 13.7. The number of hydrogen-bond acceptors (Lipinski definition) is 8.